The van der Waals surface area contributed by atoms with E-state index in [0.29, 0.717) is 12.0 Å². The number of aliphatic imine (C=N–C) groups is 1. The summed E-state index contributed by atoms with van der Waals surface area (Å²) in [5.74, 6) is 6.11. The Morgan fingerprint density at radius 2 is 2.24 bits per heavy atom. The van der Waals surface area contributed by atoms with Crippen molar-refractivity contribution >= 4 is 11.6 Å². The Labute approximate surface area is 102 Å². The summed E-state index contributed by atoms with van der Waals surface area (Å²) in [6.07, 6.45) is 3.37. The van der Waals surface area contributed by atoms with Crippen LogP contribution in [0.15, 0.2) is 23.2 Å². The van der Waals surface area contributed by atoms with E-state index in [4.69, 9.17) is 5.84 Å². The highest BCUT2D eigenvalue weighted by molar-refractivity contribution is 5.93. The number of rotatable bonds is 3. The zero-order valence-electron chi connectivity index (χ0n) is 10.5. The minimum absolute atomic E-state index is 0.449. The third kappa shape index (κ3) is 3.20. The number of guanidine groups is 1. The molecule has 1 fully saturated rings. The molecule has 0 saturated heterocycles. The van der Waals surface area contributed by atoms with E-state index < -0.39 is 0 Å². The average molecular weight is 232 g/mol. The first-order valence-corrected chi connectivity index (χ1v) is 6.14. The Hall–Kier alpha value is -1.55. The summed E-state index contributed by atoms with van der Waals surface area (Å²) in [6.45, 7) is 4.29. The van der Waals surface area contributed by atoms with Gasteiger partial charge in [-0.15, -0.1) is 0 Å². The molecule has 0 aliphatic heterocycles. The van der Waals surface area contributed by atoms with Gasteiger partial charge < -0.3 is 5.32 Å². The van der Waals surface area contributed by atoms with Crippen LogP contribution in [0.25, 0.3) is 0 Å². The van der Waals surface area contributed by atoms with E-state index in [-0.39, 0.29) is 0 Å². The fraction of sp³-hybridized carbons (Fsp3) is 0.462. The molecule has 4 N–H and O–H groups in total. The van der Waals surface area contributed by atoms with Gasteiger partial charge in [0.15, 0.2) is 0 Å². The first-order valence-electron chi connectivity index (χ1n) is 6.14. The summed E-state index contributed by atoms with van der Waals surface area (Å²) in [6, 6.07) is 6.76. The molecule has 0 atom stereocenters. The molecule has 1 saturated carbocycles. The maximum atomic E-state index is 5.45. The second-order valence-electron chi connectivity index (χ2n) is 4.47. The molecule has 2 rings (SSSR count). The standard InChI is InChI=1S/C13H20N4/c1-3-10-8-12(5-4-9(10)2)16-13(17-14)15-11-6-7-11/h4-5,8,11H,3,6-7,14H2,1-2H3,(H2,15,16,17). The largest absolute Gasteiger partial charge is 0.325 e. The molecule has 4 heteroatoms. The molecule has 0 heterocycles. The van der Waals surface area contributed by atoms with Crippen molar-refractivity contribution in [1.29, 1.82) is 0 Å². The first-order chi connectivity index (χ1) is 8.22. The number of aryl methyl sites for hydroxylation is 2. The van der Waals surface area contributed by atoms with E-state index in [2.05, 4.69) is 41.7 Å². The monoisotopic (exact) mass is 232 g/mol. The third-order valence-corrected chi connectivity index (χ3v) is 2.99. The molecule has 0 radical (unpaired) electrons. The molecule has 4 nitrogen and oxygen atoms in total. The Morgan fingerprint density at radius 3 is 2.82 bits per heavy atom. The van der Waals surface area contributed by atoms with Gasteiger partial charge in [0.1, 0.15) is 0 Å². The lowest BCUT2D eigenvalue weighted by atomic mass is 10.1. The number of nitrogens with one attached hydrogen (secondary N) is 2. The molecular weight excluding hydrogens is 212 g/mol. The lowest BCUT2D eigenvalue weighted by molar-refractivity contribution is 0.966. The van der Waals surface area contributed by atoms with Gasteiger partial charge in [0.05, 0.1) is 6.04 Å². The number of nitrogens with two attached hydrogens (primary N) is 1. The molecule has 0 bridgehead atoms. The summed E-state index contributed by atoms with van der Waals surface area (Å²) < 4.78 is 0. The van der Waals surface area contributed by atoms with Gasteiger partial charge in [0.2, 0.25) is 5.96 Å². The molecule has 1 aromatic carbocycles. The minimum Gasteiger partial charge on any atom is -0.325 e. The zero-order valence-corrected chi connectivity index (χ0v) is 10.5. The van der Waals surface area contributed by atoms with Crippen LogP contribution in [0.4, 0.5) is 5.69 Å². The Kier molecular flexibility index (Phi) is 3.64. The highest BCUT2D eigenvalue weighted by Gasteiger charge is 2.20. The van der Waals surface area contributed by atoms with E-state index in [0.717, 1.165) is 12.1 Å². The first kappa shape index (κ1) is 11.9. The topological polar surface area (TPSA) is 62.4 Å². The lowest BCUT2D eigenvalue weighted by Crippen LogP contribution is -2.36. The quantitative estimate of drug-likeness (QED) is 0.323. The van der Waals surface area contributed by atoms with Crippen molar-refractivity contribution < 1.29 is 0 Å². The Bertz CT molecular complexity index is 421. The number of hydrogen-bond donors (Lipinski definition) is 3. The molecule has 1 aromatic rings. The number of nitrogens with zero attached hydrogens (tertiary/aromatic N) is 1. The van der Waals surface area contributed by atoms with Gasteiger partial charge >= 0.3 is 0 Å². The fourth-order valence-electron chi connectivity index (χ4n) is 1.76. The molecule has 1 aliphatic carbocycles. The number of hydrogen-bond acceptors (Lipinski definition) is 2. The molecule has 1 aliphatic rings. The SMILES string of the molecule is CCc1cc(NC(=NC2CC2)NN)ccc1C. The average Bonchev–Trinajstić information content (AvgIpc) is 3.14. The molecular formula is C13H20N4. The molecule has 17 heavy (non-hydrogen) atoms. The maximum absolute atomic E-state index is 5.45. The van der Waals surface area contributed by atoms with Gasteiger partial charge in [0.25, 0.3) is 0 Å². The van der Waals surface area contributed by atoms with Crippen molar-refractivity contribution in [1.82, 2.24) is 5.43 Å². The summed E-state index contributed by atoms with van der Waals surface area (Å²) in [5, 5.41) is 3.22. The minimum atomic E-state index is 0.449. The van der Waals surface area contributed by atoms with Crippen molar-refractivity contribution in [2.75, 3.05) is 5.32 Å². The molecule has 0 aromatic heterocycles. The summed E-state index contributed by atoms with van der Waals surface area (Å²) >= 11 is 0. The van der Waals surface area contributed by atoms with E-state index in [9.17, 15) is 0 Å². The maximum Gasteiger partial charge on any atom is 0.210 e. The van der Waals surface area contributed by atoms with Gasteiger partial charge in [-0.1, -0.05) is 13.0 Å². The predicted octanol–water partition coefficient (Wildman–Crippen LogP) is 1.95. The Morgan fingerprint density at radius 1 is 1.47 bits per heavy atom. The van der Waals surface area contributed by atoms with Crippen LogP contribution in [0.1, 0.15) is 30.9 Å². The van der Waals surface area contributed by atoms with Gasteiger partial charge in [-0.25, -0.2) is 10.8 Å². The second kappa shape index (κ2) is 5.19. The van der Waals surface area contributed by atoms with Crippen molar-refractivity contribution in [3.05, 3.63) is 29.3 Å². The van der Waals surface area contributed by atoms with Crippen LogP contribution in [-0.4, -0.2) is 12.0 Å². The number of benzene rings is 1. The Balaban J connectivity index is 2.11. The lowest BCUT2D eigenvalue weighted by Gasteiger charge is -2.11. The van der Waals surface area contributed by atoms with Gasteiger partial charge in [-0.05, 0) is 49.4 Å². The molecule has 92 valence electrons. The van der Waals surface area contributed by atoms with E-state index >= 15 is 0 Å². The van der Waals surface area contributed by atoms with Gasteiger partial charge in [0, 0.05) is 5.69 Å². The number of hydrazine groups is 1. The van der Waals surface area contributed by atoms with E-state index in [1.54, 1.807) is 0 Å². The smallest absolute Gasteiger partial charge is 0.210 e. The fourth-order valence-corrected chi connectivity index (χ4v) is 1.76. The highest BCUT2D eigenvalue weighted by atomic mass is 15.3. The van der Waals surface area contributed by atoms with Crippen molar-refractivity contribution in [3.63, 3.8) is 0 Å². The normalized spacial score (nSPS) is 15.8. The van der Waals surface area contributed by atoms with Crippen molar-refractivity contribution in [2.45, 2.75) is 39.2 Å². The zero-order chi connectivity index (χ0) is 12.3. The van der Waals surface area contributed by atoms with Crippen LogP contribution in [0.2, 0.25) is 0 Å². The van der Waals surface area contributed by atoms with Crippen LogP contribution in [-0.2, 0) is 6.42 Å². The summed E-state index contributed by atoms with van der Waals surface area (Å²) in [5.41, 5.74) is 6.31. The van der Waals surface area contributed by atoms with Crippen LogP contribution in [0.3, 0.4) is 0 Å². The summed E-state index contributed by atoms with van der Waals surface area (Å²) in [7, 11) is 0. The van der Waals surface area contributed by atoms with E-state index in [1.807, 2.05) is 6.07 Å². The van der Waals surface area contributed by atoms with Crippen LogP contribution in [0, 0.1) is 6.92 Å². The van der Waals surface area contributed by atoms with Gasteiger partial charge in [-0.2, -0.15) is 0 Å². The van der Waals surface area contributed by atoms with Crippen LogP contribution in [0.5, 0.6) is 0 Å². The van der Waals surface area contributed by atoms with Crippen LogP contribution < -0.4 is 16.6 Å². The second-order valence-corrected chi connectivity index (χ2v) is 4.47. The van der Waals surface area contributed by atoms with Gasteiger partial charge in [-0.3, -0.25) is 5.43 Å². The van der Waals surface area contributed by atoms with E-state index in [1.165, 1.54) is 24.0 Å². The van der Waals surface area contributed by atoms with Crippen molar-refractivity contribution in [2.24, 2.45) is 10.8 Å². The van der Waals surface area contributed by atoms with Crippen LogP contribution >= 0.6 is 0 Å². The predicted molar refractivity (Wildman–Crippen MR) is 72.0 cm³/mol. The highest BCUT2D eigenvalue weighted by Crippen LogP contribution is 2.23. The third-order valence-electron chi connectivity index (χ3n) is 2.99. The number of anilines is 1. The molecule has 0 unspecified atom stereocenters. The molecule has 0 spiro atoms. The molecule has 0 amide bonds. The van der Waals surface area contributed by atoms with Crippen molar-refractivity contribution in [3.8, 4) is 0 Å². The summed E-state index contributed by atoms with van der Waals surface area (Å²) in [4.78, 5) is 4.45.